The van der Waals surface area contributed by atoms with Crippen molar-refractivity contribution < 1.29 is 26.4 Å². The molecule has 1 heterocycles. The summed E-state index contributed by atoms with van der Waals surface area (Å²) >= 11 is 5.56. The number of rotatable bonds is 5. The lowest BCUT2D eigenvalue weighted by atomic mass is 10.1. The van der Waals surface area contributed by atoms with Gasteiger partial charge < -0.3 is 4.90 Å². The molecule has 0 aliphatic carbocycles. The largest absolute Gasteiger partial charge is 0.417 e. The van der Waals surface area contributed by atoms with E-state index in [2.05, 4.69) is 15.4 Å². The Hall–Kier alpha value is -1.85. The van der Waals surface area contributed by atoms with E-state index in [0.717, 1.165) is 37.2 Å². The van der Waals surface area contributed by atoms with E-state index in [0.29, 0.717) is 23.2 Å². The van der Waals surface area contributed by atoms with Gasteiger partial charge in [0.05, 0.1) is 22.5 Å². The van der Waals surface area contributed by atoms with Gasteiger partial charge in [0.15, 0.2) is 0 Å². The SMILES string of the molecule is CN1CCC(=NNC(=O)CN(c2ccc(Cl)c(C(F)(F)F)c2)S(C)(=O)=O)CC1. The summed E-state index contributed by atoms with van der Waals surface area (Å²) in [4.78, 5) is 14.2. The van der Waals surface area contributed by atoms with Crippen LogP contribution in [0.3, 0.4) is 0 Å². The van der Waals surface area contributed by atoms with Gasteiger partial charge in [0.25, 0.3) is 5.91 Å². The Morgan fingerprint density at radius 1 is 1.32 bits per heavy atom. The number of anilines is 1. The highest BCUT2D eigenvalue weighted by molar-refractivity contribution is 7.92. The molecule has 0 atom stereocenters. The van der Waals surface area contributed by atoms with Gasteiger partial charge in [-0.15, -0.1) is 0 Å². The van der Waals surface area contributed by atoms with Crippen LogP contribution < -0.4 is 9.73 Å². The first-order chi connectivity index (χ1) is 12.9. The summed E-state index contributed by atoms with van der Waals surface area (Å²) in [6.45, 7) is 0.860. The molecule has 12 heteroatoms. The van der Waals surface area contributed by atoms with E-state index in [1.807, 2.05) is 7.05 Å². The fraction of sp³-hybridized carbons (Fsp3) is 0.500. The summed E-state index contributed by atoms with van der Waals surface area (Å²) in [5, 5.41) is 3.42. The summed E-state index contributed by atoms with van der Waals surface area (Å²) in [7, 11) is -2.07. The highest BCUT2D eigenvalue weighted by Gasteiger charge is 2.34. The fourth-order valence-electron chi connectivity index (χ4n) is 2.58. The minimum atomic E-state index is -4.77. The van der Waals surface area contributed by atoms with E-state index < -0.39 is 39.2 Å². The molecule has 1 aliphatic rings. The van der Waals surface area contributed by atoms with E-state index in [1.54, 1.807) is 0 Å². The smallest absolute Gasteiger partial charge is 0.306 e. The molecule has 1 N–H and O–H groups in total. The van der Waals surface area contributed by atoms with Gasteiger partial charge in [-0.1, -0.05) is 11.6 Å². The third-order valence-electron chi connectivity index (χ3n) is 4.13. The minimum Gasteiger partial charge on any atom is -0.306 e. The lowest BCUT2D eigenvalue weighted by Gasteiger charge is -2.24. The molecule has 0 radical (unpaired) electrons. The first kappa shape index (κ1) is 22.4. The predicted molar refractivity (Wildman–Crippen MR) is 101 cm³/mol. The van der Waals surface area contributed by atoms with Gasteiger partial charge in [-0.25, -0.2) is 13.8 Å². The number of benzene rings is 1. The maximum atomic E-state index is 13.1. The third kappa shape index (κ3) is 6.08. The van der Waals surface area contributed by atoms with Crippen molar-refractivity contribution in [2.45, 2.75) is 19.0 Å². The minimum absolute atomic E-state index is 0.318. The summed E-state index contributed by atoms with van der Waals surface area (Å²) < 4.78 is 63.8. The van der Waals surface area contributed by atoms with E-state index in [1.165, 1.54) is 0 Å². The van der Waals surface area contributed by atoms with Crippen LogP contribution >= 0.6 is 11.6 Å². The number of hydrazone groups is 1. The maximum Gasteiger partial charge on any atom is 0.417 e. The number of sulfonamides is 1. The Kier molecular flexibility index (Phi) is 6.94. The number of alkyl halides is 3. The number of nitrogens with one attached hydrogen (secondary N) is 1. The van der Waals surface area contributed by atoms with Crippen LogP contribution in [0.5, 0.6) is 0 Å². The second-order valence-electron chi connectivity index (χ2n) is 6.45. The molecule has 1 fully saturated rings. The van der Waals surface area contributed by atoms with Gasteiger partial charge in [-0.3, -0.25) is 9.10 Å². The number of carbonyl (C=O) groups is 1. The molecule has 0 aromatic heterocycles. The average Bonchev–Trinajstić information content (AvgIpc) is 2.58. The molecule has 2 rings (SSSR count). The number of piperidine rings is 1. The van der Waals surface area contributed by atoms with E-state index in [-0.39, 0.29) is 5.69 Å². The van der Waals surface area contributed by atoms with Crippen LogP contribution in [0.4, 0.5) is 18.9 Å². The van der Waals surface area contributed by atoms with Crippen LogP contribution in [0.25, 0.3) is 0 Å². The number of nitrogens with zero attached hydrogens (tertiary/aromatic N) is 3. The normalized spacial score (nSPS) is 16.0. The van der Waals surface area contributed by atoms with Crippen molar-refractivity contribution in [3.05, 3.63) is 28.8 Å². The summed E-state index contributed by atoms with van der Waals surface area (Å²) in [5.41, 5.74) is 1.53. The van der Waals surface area contributed by atoms with Crippen LogP contribution in [0, 0.1) is 0 Å². The van der Waals surface area contributed by atoms with Gasteiger partial charge >= 0.3 is 6.18 Å². The average molecular weight is 441 g/mol. The highest BCUT2D eigenvalue weighted by atomic mass is 35.5. The first-order valence-electron chi connectivity index (χ1n) is 8.25. The Labute approximate surface area is 166 Å². The van der Waals surface area contributed by atoms with Crippen molar-refractivity contribution in [3.63, 3.8) is 0 Å². The van der Waals surface area contributed by atoms with Crippen molar-refractivity contribution in [2.75, 3.05) is 37.2 Å². The standard InChI is InChI=1S/C16H20ClF3N4O3S/c1-23-7-5-11(6-8-23)21-22-15(25)10-24(28(2,26)27)12-3-4-14(17)13(9-12)16(18,19)20/h3-4,9H,5-8,10H2,1-2H3,(H,22,25). The zero-order chi connectivity index (χ0) is 21.1. The lowest BCUT2D eigenvalue weighted by molar-refractivity contribution is -0.137. The van der Waals surface area contributed by atoms with Crippen molar-refractivity contribution in [2.24, 2.45) is 5.10 Å². The number of halogens is 4. The Morgan fingerprint density at radius 3 is 2.46 bits per heavy atom. The second kappa shape index (κ2) is 8.66. The summed E-state index contributed by atoms with van der Waals surface area (Å²) in [6, 6.07) is 2.64. The molecule has 1 aliphatic heterocycles. The summed E-state index contributed by atoms with van der Waals surface area (Å²) in [5.74, 6) is -0.764. The van der Waals surface area contributed by atoms with Gasteiger partial charge in [0, 0.05) is 31.6 Å². The van der Waals surface area contributed by atoms with Crippen molar-refractivity contribution >= 4 is 38.9 Å². The van der Waals surface area contributed by atoms with Crippen molar-refractivity contribution in [3.8, 4) is 0 Å². The Balaban J connectivity index is 2.19. The second-order valence-corrected chi connectivity index (χ2v) is 8.76. The van der Waals surface area contributed by atoms with Crippen LogP contribution in [-0.2, 0) is 21.0 Å². The molecule has 7 nitrogen and oxygen atoms in total. The predicted octanol–water partition coefficient (Wildman–Crippen LogP) is 2.32. The fourth-order valence-corrected chi connectivity index (χ4v) is 3.65. The van der Waals surface area contributed by atoms with Gasteiger partial charge in [-0.05, 0) is 25.2 Å². The number of carbonyl (C=O) groups excluding carboxylic acids is 1. The van der Waals surface area contributed by atoms with Crippen LogP contribution in [-0.4, -0.2) is 57.9 Å². The number of hydrogen-bond donors (Lipinski definition) is 1. The Morgan fingerprint density at radius 2 is 1.93 bits per heavy atom. The van der Waals surface area contributed by atoms with Crippen molar-refractivity contribution in [1.29, 1.82) is 0 Å². The quantitative estimate of drug-likeness (QED) is 0.712. The Bertz CT molecular complexity index is 864. The first-order valence-corrected chi connectivity index (χ1v) is 10.5. The number of amides is 1. The summed E-state index contributed by atoms with van der Waals surface area (Å²) in [6.07, 6.45) is -2.64. The highest BCUT2D eigenvalue weighted by Crippen LogP contribution is 2.37. The van der Waals surface area contributed by atoms with E-state index >= 15 is 0 Å². The number of hydrogen-bond acceptors (Lipinski definition) is 5. The number of likely N-dealkylation sites (tertiary alicyclic amines) is 1. The molecule has 28 heavy (non-hydrogen) atoms. The maximum absolute atomic E-state index is 13.1. The molecule has 0 spiro atoms. The molecular weight excluding hydrogens is 421 g/mol. The van der Waals surface area contributed by atoms with Gasteiger partial charge in [0.2, 0.25) is 10.0 Å². The molecule has 156 valence electrons. The van der Waals surface area contributed by atoms with Crippen LogP contribution in [0.15, 0.2) is 23.3 Å². The van der Waals surface area contributed by atoms with Gasteiger partial charge in [0.1, 0.15) is 6.54 Å². The zero-order valence-corrected chi connectivity index (χ0v) is 16.8. The topological polar surface area (TPSA) is 82.1 Å². The monoisotopic (exact) mass is 440 g/mol. The molecule has 1 aromatic carbocycles. The van der Waals surface area contributed by atoms with Gasteiger partial charge in [-0.2, -0.15) is 18.3 Å². The molecule has 1 amide bonds. The molecule has 0 saturated carbocycles. The molecule has 1 saturated heterocycles. The lowest BCUT2D eigenvalue weighted by Crippen LogP contribution is -2.39. The third-order valence-corrected chi connectivity index (χ3v) is 5.60. The molecule has 0 bridgehead atoms. The molecule has 0 unspecified atom stereocenters. The van der Waals surface area contributed by atoms with Crippen molar-refractivity contribution in [1.82, 2.24) is 10.3 Å². The zero-order valence-electron chi connectivity index (χ0n) is 15.3. The van der Waals surface area contributed by atoms with E-state index in [9.17, 15) is 26.4 Å². The molecular formula is C16H20ClF3N4O3S. The molecule has 1 aromatic rings. The van der Waals surface area contributed by atoms with Crippen LogP contribution in [0.2, 0.25) is 5.02 Å². The van der Waals surface area contributed by atoms with Crippen LogP contribution in [0.1, 0.15) is 18.4 Å². The van der Waals surface area contributed by atoms with E-state index in [4.69, 9.17) is 11.6 Å².